The number of hydrogen-bond donors (Lipinski definition) is 1. The van der Waals surface area contributed by atoms with Gasteiger partial charge in [0.15, 0.2) is 0 Å². The van der Waals surface area contributed by atoms with E-state index in [4.69, 9.17) is 0 Å². The van der Waals surface area contributed by atoms with E-state index >= 15 is 0 Å². The van der Waals surface area contributed by atoms with Gasteiger partial charge >= 0.3 is 0 Å². The van der Waals surface area contributed by atoms with E-state index in [9.17, 15) is 4.79 Å². The molecular weight excluding hydrogens is 346 g/mol. The number of fused-ring (bicyclic) bond motifs is 2. The standard InChI is InChI=1S/C22H27N3O.C2H6/c1-16-8-11-24(3)20(14-16)25-12-9-22(10-13-25)15-18(21(26)23-2)17-6-4-5-7-19(17)22;1-2/h4-8,11,14,18H,9-10,12-13,15H2,1-3H3;1-2H3/p+1. The van der Waals surface area contributed by atoms with Crippen LogP contribution in [0.3, 0.4) is 0 Å². The predicted octanol–water partition coefficient (Wildman–Crippen LogP) is 3.62. The van der Waals surface area contributed by atoms with E-state index in [-0.39, 0.29) is 17.2 Å². The maximum atomic E-state index is 12.4. The van der Waals surface area contributed by atoms with E-state index in [1.54, 1.807) is 7.05 Å². The summed E-state index contributed by atoms with van der Waals surface area (Å²) in [6, 6.07) is 13.0. The van der Waals surface area contributed by atoms with Crippen LogP contribution in [-0.2, 0) is 17.3 Å². The fourth-order valence-electron chi connectivity index (χ4n) is 4.91. The lowest BCUT2D eigenvalue weighted by Crippen LogP contribution is -2.47. The number of likely N-dealkylation sites (N-methyl/N-ethyl adjacent to an activating group) is 1. The molecule has 1 spiro atoms. The number of benzene rings is 1. The highest BCUT2D eigenvalue weighted by Crippen LogP contribution is 2.51. The van der Waals surface area contributed by atoms with Crippen LogP contribution in [0.4, 0.5) is 5.82 Å². The van der Waals surface area contributed by atoms with Gasteiger partial charge in [-0.05, 0) is 48.9 Å². The van der Waals surface area contributed by atoms with Gasteiger partial charge in [0.2, 0.25) is 5.91 Å². The number of carbonyl (C=O) groups is 1. The van der Waals surface area contributed by atoms with Gasteiger partial charge in [0.1, 0.15) is 0 Å². The van der Waals surface area contributed by atoms with E-state index in [0.717, 1.165) is 32.4 Å². The van der Waals surface area contributed by atoms with Crippen LogP contribution in [0.25, 0.3) is 0 Å². The first-order chi connectivity index (χ1) is 13.5. The summed E-state index contributed by atoms with van der Waals surface area (Å²) in [7, 11) is 3.86. The lowest BCUT2D eigenvalue weighted by Gasteiger charge is -2.37. The molecule has 1 aliphatic heterocycles. The molecule has 1 fully saturated rings. The zero-order valence-corrected chi connectivity index (χ0v) is 18.0. The number of aryl methyl sites for hydroxylation is 2. The first-order valence-corrected chi connectivity index (χ1v) is 10.6. The Morgan fingerprint density at radius 2 is 1.86 bits per heavy atom. The molecule has 2 heterocycles. The second kappa shape index (κ2) is 8.34. The number of anilines is 1. The van der Waals surface area contributed by atoms with Gasteiger partial charge in [-0.25, -0.2) is 4.57 Å². The molecule has 1 aliphatic carbocycles. The lowest BCUT2D eigenvalue weighted by atomic mass is 9.73. The number of nitrogens with zero attached hydrogens (tertiary/aromatic N) is 2. The monoisotopic (exact) mass is 380 g/mol. The highest BCUT2D eigenvalue weighted by molar-refractivity contribution is 5.85. The maximum absolute atomic E-state index is 12.4. The summed E-state index contributed by atoms with van der Waals surface area (Å²) in [5.41, 5.74) is 4.08. The molecule has 1 amide bonds. The molecule has 0 bridgehead atoms. The van der Waals surface area contributed by atoms with E-state index in [2.05, 4.69) is 71.4 Å². The van der Waals surface area contributed by atoms with E-state index in [0.29, 0.717) is 0 Å². The van der Waals surface area contributed by atoms with E-state index in [1.807, 2.05) is 13.8 Å². The number of amides is 1. The van der Waals surface area contributed by atoms with Crippen molar-refractivity contribution in [2.45, 2.75) is 51.4 Å². The van der Waals surface area contributed by atoms with Crippen LogP contribution >= 0.6 is 0 Å². The van der Waals surface area contributed by atoms with Crippen molar-refractivity contribution in [3.63, 3.8) is 0 Å². The Morgan fingerprint density at radius 1 is 1.18 bits per heavy atom. The zero-order chi connectivity index (χ0) is 20.3. The van der Waals surface area contributed by atoms with Crippen LogP contribution in [0, 0.1) is 6.92 Å². The van der Waals surface area contributed by atoms with Crippen LogP contribution in [0.5, 0.6) is 0 Å². The fraction of sp³-hybridized carbons (Fsp3) is 0.500. The topological polar surface area (TPSA) is 36.2 Å². The smallest absolute Gasteiger partial charge is 0.276 e. The SMILES string of the molecule is CC.CNC(=O)C1CC2(CCN(c3cc(C)cc[n+]3C)CC2)c2ccccc21. The van der Waals surface area contributed by atoms with Crippen LogP contribution in [0.1, 0.15) is 55.7 Å². The summed E-state index contributed by atoms with van der Waals surface area (Å²) in [5, 5.41) is 2.87. The van der Waals surface area contributed by atoms with Crippen LogP contribution in [0.2, 0.25) is 0 Å². The molecule has 1 saturated heterocycles. The number of carbonyl (C=O) groups excluding carboxylic acids is 1. The Labute approximate surface area is 169 Å². The molecule has 1 N–H and O–H groups in total. The van der Waals surface area contributed by atoms with Gasteiger partial charge in [-0.3, -0.25) is 9.69 Å². The minimum absolute atomic E-state index is 0.00201. The van der Waals surface area contributed by atoms with Crippen molar-refractivity contribution in [2.24, 2.45) is 7.05 Å². The van der Waals surface area contributed by atoms with E-state index in [1.165, 1.54) is 22.5 Å². The summed E-state index contributed by atoms with van der Waals surface area (Å²) in [6.45, 7) is 8.22. The van der Waals surface area contributed by atoms with Gasteiger partial charge in [-0.15, -0.1) is 0 Å². The third-order valence-electron chi connectivity index (χ3n) is 6.39. The highest BCUT2D eigenvalue weighted by Gasteiger charge is 2.48. The second-order valence-corrected chi connectivity index (χ2v) is 7.90. The van der Waals surface area contributed by atoms with Crippen LogP contribution in [-0.4, -0.2) is 26.0 Å². The van der Waals surface area contributed by atoms with E-state index < -0.39 is 0 Å². The van der Waals surface area contributed by atoms with Crippen molar-refractivity contribution in [1.29, 1.82) is 0 Å². The Morgan fingerprint density at radius 3 is 2.54 bits per heavy atom. The van der Waals surface area contributed by atoms with Gasteiger partial charge in [0.05, 0.1) is 32.3 Å². The minimum atomic E-state index is -0.00201. The number of rotatable bonds is 2. The first-order valence-electron chi connectivity index (χ1n) is 10.6. The zero-order valence-electron chi connectivity index (χ0n) is 18.0. The third-order valence-corrected chi connectivity index (χ3v) is 6.39. The quantitative estimate of drug-likeness (QED) is 0.808. The van der Waals surface area contributed by atoms with Crippen molar-refractivity contribution in [3.05, 3.63) is 59.3 Å². The molecule has 28 heavy (non-hydrogen) atoms. The largest absolute Gasteiger partial charge is 0.359 e. The van der Waals surface area contributed by atoms with Crippen molar-refractivity contribution in [2.75, 3.05) is 25.0 Å². The molecule has 4 nitrogen and oxygen atoms in total. The molecule has 150 valence electrons. The summed E-state index contributed by atoms with van der Waals surface area (Å²) < 4.78 is 2.21. The molecule has 4 heteroatoms. The van der Waals surface area contributed by atoms with Crippen molar-refractivity contribution in [3.8, 4) is 0 Å². The number of aromatic nitrogens is 1. The Hall–Kier alpha value is -2.36. The number of nitrogens with one attached hydrogen (secondary N) is 1. The first kappa shape index (κ1) is 20.4. The Bertz CT molecular complexity index is 837. The van der Waals surface area contributed by atoms with Crippen LogP contribution in [0.15, 0.2) is 42.6 Å². The van der Waals surface area contributed by atoms with Crippen molar-refractivity contribution in [1.82, 2.24) is 5.32 Å². The van der Waals surface area contributed by atoms with Gasteiger partial charge in [0.25, 0.3) is 5.82 Å². The fourth-order valence-corrected chi connectivity index (χ4v) is 4.91. The summed E-state index contributed by atoms with van der Waals surface area (Å²) in [6.07, 6.45) is 5.29. The number of hydrogen-bond acceptors (Lipinski definition) is 2. The molecule has 1 unspecified atom stereocenters. The van der Waals surface area contributed by atoms with Crippen molar-refractivity contribution >= 4 is 11.7 Å². The van der Waals surface area contributed by atoms with Gasteiger partial charge < -0.3 is 5.32 Å². The van der Waals surface area contributed by atoms with Gasteiger partial charge in [-0.2, -0.15) is 0 Å². The Balaban J connectivity index is 0.00000109. The number of pyridine rings is 1. The molecule has 0 saturated carbocycles. The summed E-state index contributed by atoms with van der Waals surface area (Å²) in [4.78, 5) is 14.9. The Kier molecular flexibility index (Phi) is 6.07. The molecule has 1 aromatic carbocycles. The van der Waals surface area contributed by atoms with Crippen molar-refractivity contribution < 1.29 is 9.36 Å². The second-order valence-electron chi connectivity index (χ2n) is 7.90. The molecule has 0 radical (unpaired) electrons. The maximum Gasteiger partial charge on any atom is 0.276 e. The minimum Gasteiger partial charge on any atom is -0.359 e. The van der Waals surface area contributed by atoms with Crippen LogP contribution < -0.4 is 14.8 Å². The molecule has 1 atom stereocenters. The highest BCUT2D eigenvalue weighted by atomic mass is 16.1. The molecule has 2 aliphatic rings. The summed E-state index contributed by atoms with van der Waals surface area (Å²) >= 11 is 0. The lowest BCUT2D eigenvalue weighted by molar-refractivity contribution is -0.659. The third kappa shape index (κ3) is 3.52. The molecular formula is C24H34N3O+. The molecule has 1 aromatic heterocycles. The van der Waals surface area contributed by atoms with Gasteiger partial charge in [-0.1, -0.05) is 38.1 Å². The van der Waals surface area contributed by atoms with Gasteiger partial charge in [0, 0.05) is 18.5 Å². The summed E-state index contributed by atoms with van der Waals surface area (Å²) in [5.74, 6) is 1.44. The predicted molar refractivity (Wildman–Crippen MR) is 115 cm³/mol. The normalized spacial score (nSPS) is 19.6. The number of piperidine rings is 1. The average Bonchev–Trinajstić information content (AvgIpc) is 3.06. The molecule has 2 aromatic rings. The average molecular weight is 381 g/mol. The molecule has 4 rings (SSSR count).